The number of rotatable bonds is 5. The summed E-state index contributed by atoms with van der Waals surface area (Å²) >= 11 is 0. The van der Waals surface area contributed by atoms with Crippen LogP contribution in [-0.4, -0.2) is 68.3 Å². The van der Waals surface area contributed by atoms with Crippen LogP contribution in [0.4, 0.5) is 11.4 Å². The largest absolute Gasteiger partial charge is 0.479 e. The van der Waals surface area contributed by atoms with E-state index < -0.39 is 11.9 Å². The molecule has 1 aromatic carbocycles. The number of hydrogen-bond acceptors (Lipinski definition) is 7. The predicted molar refractivity (Wildman–Crippen MR) is 91.7 cm³/mol. The number of benzene rings is 1. The van der Waals surface area contributed by atoms with Crippen molar-refractivity contribution in [1.29, 1.82) is 0 Å². The molecule has 3 rings (SSSR count). The Morgan fingerprint density at radius 3 is 2.85 bits per heavy atom. The molecule has 2 heterocycles. The van der Waals surface area contributed by atoms with E-state index in [1.807, 2.05) is 0 Å². The molecule has 2 aliphatic heterocycles. The maximum Gasteiger partial charge on any atom is 0.337 e. The molecule has 138 valence electrons. The number of likely N-dealkylation sites (N-methyl/N-ethyl adjacent to an activating group) is 1. The van der Waals surface area contributed by atoms with Crippen LogP contribution in [0.1, 0.15) is 0 Å². The number of amides is 2. The third kappa shape index (κ3) is 2.97. The van der Waals surface area contributed by atoms with Crippen molar-refractivity contribution in [2.45, 2.75) is 0 Å². The van der Waals surface area contributed by atoms with Crippen LogP contribution in [0.25, 0.3) is 0 Å². The summed E-state index contributed by atoms with van der Waals surface area (Å²) in [6.45, 7) is -0.187. The van der Waals surface area contributed by atoms with Gasteiger partial charge in [-0.05, 0) is 12.1 Å². The molecular formula is C17H19N3O6. The van der Waals surface area contributed by atoms with Crippen molar-refractivity contribution < 1.29 is 29.0 Å². The number of fused-ring (bicyclic) bond motifs is 1. The molecule has 0 saturated heterocycles. The number of nitrogens with zero attached hydrogens (tertiary/aromatic N) is 2. The summed E-state index contributed by atoms with van der Waals surface area (Å²) in [5.74, 6) is -0.813. The molecule has 0 unspecified atom stereocenters. The maximum atomic E-state index is 12.6. The Balaban J connectivity index is 1.97. The normalized spacial score (nSPS) is 16.6. The lowest BCUT2D eigenvalue weighted by molar-refractivity contribution is -0.136. The number of nitrogens with one attached hydrogen (secondary N) is 1. The van der Waals surface area contributed by atoms with Gasteiger partial charge in [-0.1, -0.05) is 6.07 Å². The predicted octanol–water partition coefficient (Wildman–Crippen LogP) is -0.285. The monoisotopic (exact) mass is 361 g/mol. The number of esters is 1. The summed E-state index contributed by atoms with van der Waals surface area (Å²) in [4.78, 5) is 39.2. The second kappa shape index (κ2) is 7.04. The summed E-state index contributed by atoms with van der Waals surface area (Å²) in [5.41, 5.74) is 1.26. The highest BCUT2D eigenvalue weighted by Gasteiger charge is 2.35. The van der Waals surface area contributed by atoms with Gasteiger partial charge in [-0.15, -0.1) is 0 Å². The van der Waals surface area contributed by atoms with E-state index in [0.717, 1.165) is 0 Å². The Bertz CT molecular complexity index is 804. The lowest BCUT2D eigenvalue weighted by Crippen LogP contribution is -2.35. The average molecular weight is 361 g/mol. The number of aliphatic hydroxyl groups is 1. The highest BCUT2D eigenvalue weighted by molar-refractivity contribution is 6.09. The maximum absolute atomic E-state index is 12.6. The van der Waals surface area contributed by atoms with Crippen LogP contribution in [0, 0.1) is 0 Å². The number of hydrogen-bond donors (Lipinski definition) is 2. The van der Waals surface area contributed by atoms with Gasteiger partial charge in [0.1, 0.15) is 5.70 Å². The number of carbonyl (C=O) groups is 3. The molecule has 0 saturated carbocycles. The van der Waals surface area contributed by atoms with E-state index in [4.69, 9.17) is 14.6 Å². The van der Waals surface area contributed by atoms with Crippen LogP contribution in [0.3, 0.4) is 0 Å². The summed E-state index contributed by atoms with van der Waals surface area (Å²) in [6, 6.07) is 5.12. The smallest absolute Gasteiger partial charge is 0.337 e. The lowest BCUT2D eigenvalue weighted by atomic mass is 10.2. The number of anilines is 2. The van der Waals surface area contributed by atoms with Crippen molar-refractivity contribution in [3.8, 4) is 5.75 Å². The van der Waals surface area contributed by atoms with Gasteiger partial charge in [0.2, 0.25) is 0 Å². The van der Waals surface area contributed by atoms with Gasteiger partial charge in [-0.25, -0.2) is 4.79 Å². The Morgan fingerprint density at radius 1 is 1.38 bits per heavy atom. The van der Waals surface area contributed by atoms with Crippen molar-refractivity contribution >= 4 is 29.2 Å². The SMILES string of the molecule is COC(=O)C1=C(Nc2cccc3c2OCC(=O)N3C)C(=O)N(CCO)C1. The minimum absolute atomic E-state index is 0.0443. The molecule has 0 aliphatic carbocycles. The van der Waals surface area contributed by atoms with Crippen LogP contribution in [0.2, 0.25) is 0 Å². The van der Waals surface area contributed by atoms with E-state index in [2.05, 4.69) is 5.32 Å². The second-order valence-corrected chi connectivity index (χ2v) is 5.82. The Hall–Kier alpha value is -3.07. The average Bonchev–Trinajstić information content (AvgIpc) is 2.94. The van der Waals surface area contributed by atoms with E-state index in [9.17, 15) is 14.4 Å². The van der Waals surface area contributed by atoms with E-state index in [1.54, 1.807) is 25.2 Å². The summed E-state index contributed by atoms with van der Waals surface area (Å²) in [6.07, 6.45) is 0. The van der Waals surface area contributed by atoms with E-state index in [1.165, 1.54) is 16.9 Å². The summed E-state index contributed by atoms with van der Waals surface area (Å²) < 4.78 is 10.3. The number of aliphatic hydroxyl groups excluding tert-OH is 1. The summed E-state index contributed by atoms with van der Waals surface area (Å²) in [5, 5.41) is 12.1. The molecular weight excluding hydrogens is 342 g/mol. The number of β-amino-alcohol motifs (C(OH)–C–C–N with tert-alkyl or cyclic N) is 1. The van der Waals surface area contributed by atoms with E-state index in [0.29, 0.717) is 17.1 Å². The Morgan fingerprint density at radius 2 is 2.15 bits per heavy atom. The van der Waals surface area contributed by atoms with Crippen molar-refractivity contribution in [3.05, 3.63) is 29.5 Å². The zero-order chi connectivity index (χ0) is 18.8. The third-order valence-corrected chi connectivity index (χ3v) is 4.28. The zero-order valence-electron chi connectivity index (χ0n) is 14.4. The zero-order valence-corrected chi connectivity index (χ0v) is 14.4. The Labute approximate surface area is 149 Å². The van der Waals surface area contributed by atoms with Crippen molar-refractivity contribution in [2.75, 3.05) is 50.7 Å². The molecule has 26 heavy (non-hydrogen) atoms. The van der Waals surface area contributed by atoms with Crippen LogP contribution in [0.15, 0.2) is 29.5 Å². The first-order chi connectivity index (χ1) is 12.5. The lowest BCUT2D eigenvalue weighted by Gasteiger charge is -2.27. The van der Waals surface area contributed by atoms with Gasteiger partial charge in [-0.2, -0.15) is 0 Å². The first-order valence-electron chi connectivity index (χ1n) is 7.99. The molecule has 2 amide bonds. The first kappa shape index (κ1) is 17.7. The molecule has 1 aromatic rings. The fourth-order valence-corrected chi connectivity index (χ4v) is 2.89. The number of para-hydroxylation sites is 1. The standard InChI is InChI=1S/C17H19N3O6/c1-19-12-5-3-4-11(15(12)26-9-13(19)22)18-14-10(17(24)25-2)8-20(6-7-21)16(14)23/h3-5,18,21H,6-9H2,1-2H3. The minimum Gasteiger partial charge on any atom is -0.479 e. The van der Waals surface area contributed by atoms with Crippen molar-refractivity contribution in [1.82, 2.24) is 4.90 Å². The highest BCUT2D eigenvalue weighted by Crippen LogP contribution is 2.39. The number of methoxy groups -OCH3 is 1. The van der Waals surface area contributed by atoms with Gasteiger partial charge in [0.05, 0.1) is 37.2 Å². The molecule has 2 aliphatic rings. The van der Waals surface area contributed by atoms with E-state index >= 15 is 0 Å². The molecule has 9 heteroatoms. The number of carbonyl (C=O) groups excluding carboxylic acids is 3. The highest BCUT2D eigenvalue weighted by atomic mass is 16.5. The van der Waals surface area contributed by atoms with Gasteiger partial charge in [0.15, 0.2) is 12.4 Å². The van der Waals surface area contributed by atoms with Gasteiger partial charge >= 0.3 is 5.97 Å². The Kier molecular flexibility index (Phi) is 4.81. The molecule has 0 radical (unpaired) electrons. The molecule has 9 nitrogen and oxygen atoms in total. The fraction of sp³-hybridized carbons (Fsp3) is 0.353. The van der Waals surface area contributed by atoms with Crippen molar-refractivity contribution in [3.63, 3.8) is 0 Å². The molecule has 0 spiro atoms. The molecule has 2 N–H and O–H groups in total. The van der Waals surface area contributed by atoms with Crippen LogP contribution in [-0.2, 0) is 19.1 Å². The first-order valence-corrected chi connectivity index (χ1v) is 7.99. The quantitative estimate of drug-likeness (QED) is 0.694. The van der Waals surface area contributed by atoms with Crippen LogP contribution in [0.5, 0.6) is 5.75 Å². The second-order valence-electron chi connectivity index (χ2n) is 5.82. The molecule has 0 aromatic heterocycles. The van der Waals surface area contributed by atoms with Gasteiger partial charge < -0.3 is 29.7 Å². The van der Waals surface area contributed by atoms with Crippen molar-refractivity contribution in [2.24, 2.45) is 0 Å². The third-order valence-electron chi connectivity index (χ3n) is 4.28. The van der Waals surface area contributed by atoms with Crippen LogP contribution < -0.4 is 15.0 Å². The van der Waals surface area contributed by atoms with Gasteiger partial charge in [-0.3, -0.25) is 9.59 Å². The molecule has 0 fully saturated rings. The topological polar surface area (TPSA) is 108 Å². The molecule has 0 atom stereocenters. The van der Waals surface area contributed by atoms with Gasteiger partial charge in [0.25, 0.3) is 11.8 Å². The molecule has 0 bridgehead atoms. The van der Waals surface area contributed by atoms with Crippen LogP contribution >= 0.6 is 0 Å². The van der Waals surface area contributed by atoms with Gasteiger partial charge in [0, 0.05) is 13.6 Å². The minimum atomic E-state index is -0.626. The summed E-state index contributed by atoms with van der Waals surface area (Å²) in [7, 11) is 2.87. The van der Waals surface area contributed by atoms with E-state index in [-0.39, 0.29) is 43.5 Å². The fourth-order valence-electron chi connectivity index (χ4n) is 2.89. The number of ether oxygens (including phenoxy) is 2.